The van der Waals surface area contributed by atoms with Gasteiger partial charge in [0.15, 0.2) is 0 Å². The number of hydrogen-bond donors (Lipinski definition) is 2. The average molecular weight is 508 g/mol. The monoisotopic (exact) mass is 507 g/mol. The fourth-order valence-corrected chi connectivity index (χ4v) is 4.59. The summed E-state index contributed by atoms with van der Waals surface area (Å²) in [6.07, 6.45) is -0.335. The van der Waals surface area contributed by atoms with Crippen LogP contribution in [-0.4, -0.2) is 36.8 Å². The molecule has 1 atom stereocenters. The van der Waals surface area contributed by atoms with E-state index < -0.39 is 11.7 Å². The summed E-state index contributed by atoms with van der Waals surface area (Å²) < 4.78 is 39.1. The molecule has 4 aromatic rings. The maximum Gasteiger partial charge on any atom is 0.417 e. The lowest BCUT2D eigenvalue weighted by Gasteiger charge is -2.35. The molecule has 11 heteroatoms. The predicted molar refractivity (Wildman–Crippen MR) is 132 cm³/mol. The van der Waals surface area contributed by atoms with Crippen LogP contribution in [0.3, 0.4) is 0 Å². The van der Waals surface area contributed by atoms with E-state index in [1.807, 2.05) is 13.0 Å². The standard InChI is InChI=1S/C26H24F3N7O/c1-14-8-16-9-15(2-6-21(16)34-23(14)30)24(37)36(13-19-4-3-18(12-32-19)26(27,28)29)20-5-7-22-17(10-20)11-33-25(31)35-22/h2-4,6,8-9,11-12,20H,5,7,10,13H2,1H3,(H2,30,34)(H2,31,33,35)/t20-/m0/s1. The number of nitrogens with zero attached hydrogens (tertiary/aromatic N) is 5. The smallest absolute Gasteiger partial charge is 0.383 e. The van der Waals surface area contributed by atoms with Crippen LogP contribution >= 0.6 is 0 Å². The van der Waals surface area contributed by atoms with Crippen molar-refractivity contribution in [2.45, 2.75) is 44.9 Å². The van der Waals surface area contributed by atoms with Gasteiger partial charge in [-0.25, -0.2) is 15.0 Å². The zero-order chi connectivity index (χ0) is 26.3. The molecule has 0 unspecified atom stereocenters. The molecule has 0 fully saturated rings. The molecule has 190 valence electrons. The number of carbonyl (C=O) groups excluding carboxylic acids is 1. The van der Waals surface area contributed by atoms with Crippen LogP contribution in [0.5, 0.6) is 0 Å². The summed E-state index contributed by atoms with van der Waals surface area (Å²) in [5.41, 5.74) is 14.8. The number of nitrogens with two attached hydrogens (primary N) is 2. The first kappa shape index (κ1) is 24.4. The van der Waals surface area contributed by atoms with Crippen molar-refractivity contribution in [2.75, 3.05) is 11.5 Å². The van der Waals surface area contributed by atoms with Gasteiger partial charge in [-0.15, -0.1) is 0 Å². The first-order valence-corrected chi connectivity index (χ1v) is 11.7. The zero-order valence-electron chi connectivity index (χ0n) is 20.0. The Morgan fingerprint density at radius 3 is 2.62 bits per heavy atom. The summed E-state index contributed by atoms with van der Waals surface area (Å²) in [6, 6.07) is 9.09. The van der Waals surface area contributed by atoms with Gasteiger partial charge in [0.25, 0.3) is 5.91 Å². The van der Waals surface area contributed by atoms with Crippen LogP contribution in [-0.2, 0) is 25.6 Å². The molecular formula is C26H24F3N7O. The average Bonchev–Trinajstić information content (AvgIpc) is 2.87. The Morgan fingerprint density at radius 2 is 1.89 bits per heavy atom. The molecule has 0 saturated carbocycles. The van der Waals surface area contributed by atoms with Crippen LogP contribution in [0.15, 0.2) is 48.8 Å². The third-order valence-electron chi connectivity index (χ3n) is 6.62. The van der Waals surface area contributed by atoms with Gasteiger partial charge in [0, 0.05) is 35.1 Å². The maximum atomic E-state index is 13.9. The van der Waals surface area contributed by atoms with E-state index >= 15 is 0 Å². The highest BCUT2D eigenvalue weighted by Crippen LogP contribution is 2.30. The Balaban J connectivity index is 1.49. The van der Waals surface area contributed by atoms with Crippen molar-refractivity contribution in [3.63, 3.8) is 0 Å². The van der Waals surface area contributed by atoms with E-state index in [0.29, 0.717) is 41.9 Å². The first-order chi connectivity index (χ1) is 17.6. The number of aromatic nitrogens is 4. The third kappa shape index (κ3) is 5.02. The van der Waals surface area contributed by atoms with Gasteiger partial charge in [-0.1, -0.05) is 0 Å². The number of amides is 1. The minimum atomic E-state index is -4.49. The quantitative estimate of drug-likeness (QED) is 0.426. The molecule has 4 N–H and O–H groups in total. The minimum Gasteiger partial charge on any atom is -0.383 e. The second kappa shape index (κ2) is 9.30. The highest BCUT2D eigenvalue weighted by atomic mass is 19.4. The summed E-state index contributed by atoms with van der Waals surface area (Å²) in [4.78, 5) is 32.3. The Hall–Kier alpha value is -4.28. The van der Waals surface area contributed by atoms with Crippen molar-refractivity contribution in [3.8, 4) is 0 Å². The fraction of sp³-hybridized carbons (Fsp3) is 0.269. The molecular weight excluding hydrogens is 483 g/mol. The van der Waals surface area contributed by atoms with Crippen LogP contribution in [0.25, 0.3) is 10.9 Å². The molecule has 0 radical (unpaired) electrons. The summed E-state index contributed by atoms with van der Waals surface area (Å²) >= 11 is 0. The molecule has 5 rings (SSSR count). The molecule has 37 heavy (non-hydrogen) atoms. The number of aryl methyl sites for hydroxylation is 2. The van der Waals surface area contributed by atoms with Crippen LogP contribution < -0.4 is 11.5 Å². The Morgan fingerprint density at radius 1 is 1.08 bits per heavy atom. The summed E-state index contributed by atoms with van der Waals surface area (Å²) in [6.45, 7) is 1.89. The molecule has 0 bridgehead atoms. The number of carbonyl (C=O) groups is 1. The molecule has 1 aromatic carbocycles. The first-order valence-electron chi connectivity index (χ1n) is 11.7. The molecule has 1 aliphatic rings. The predicted octanol–water partition coefficient (Wildman–Crippen LogP) is 4.11. The Labute approximate surface area is 210 Å². The topological polar surface area (TPSA) is 124 Å². The molecule has 0 spiro atoms. The van der Waals surface area contributed by atoms with E-state index in [1.165, 1.54) is 6.07 Å². The van der Waals surface area contributed by atoms with Gasteiger partial charge >= 0.3 is 6.18 Å². The summed E-state index contributed by atoms with van der Waals surface area (Å²) in [5.74, 6) is 0.355. The molecule has 3 aromatic heterocycles. The van der Waals surface area contributed by atoms with E-state index in [9.17, 15) is 18.0 Å². The number of pyridine rings is 2. The second-order valence-corrected chi connectivity index (χ2v) is 9.16. The molecule has 1 aliphatic carbocycles. The van der Waals surface area contributed by atoms with Crippen LogP contribution in [0, 0.1) is 6.92 Å². The third-order valence-corrected chi connectivity index (χ3v) is 6.62. The number of fused-ring (bicyclic) bond motifs is 2. The van der Waals surface area contributed by atoms with E-state index in [4.69, 9.17) is 11.5 Å². The molecule has 0 aliphatic heterocycles. The molecule has 0 saturated heterocycles. The van der Waals surface area contributed by atoms with Gasteiger partial charge in [0.05, 0.1) is 23.3 Å². The number of benzene rings is 1. The van der Waals surface area contributed by atoms with Crippen molar-refractivity contribution in [1.29, 1.82) is 0 Å². The fourth-order valence-electron chi connectivity index (χ4n) is 4.59. The zero-order valence-corrected chi connectivity index (χ0v) is 20.0. The van der Waals surface area contributed by atoms with Crippen LogP contribution in [0.4, 0.5) is 24.9 Å². The molecule has 8 nitrogen and oxygen atoms in total. The van der Waals surface area contributed by atoms with Crippen LogP contribution in [0.1, 0.15) is 44.9 Å². The van der Waals surface area contributed by atoms with E-state index in [0.717, 1.165) is 34.5 Å². The minimum absolute atomic E-state index is 0.0455. The highest BCUT2D eigenvalue weighted by Gasteiger charge is 2.32. The van der Waals surface area contributed by atoms with Gasteiger partial charge in [-0.05, 0) is 73.7 Å². The summed E-state index contributed by atoms with van der Waals surface area (Å²) in [7, 11) is 0. The Kier molecular flexibility index (Phi) is 6.14. The maximum absolute atomic E-state index is 13.9. The van der Waals surface area contributed by atoms with E-state index in [1.54, 1.807) is 29.3 Å². The van der Waals surface area contributed by atoms with E-state index in [2.05, 4.69) is 19.9 Å². The van der Waals surface area contributed by atoms with Crippen molar-refractivity contribution < 1.29 is 18.0 Å². The lowest BCUT2D eigenvalue weighted by atomic mass is 9.91. The number of nitrogen functional groups attached to an aromatic ring is 2. The largest absolute Gasteiger partial charge is 0.417 e. The van der Waals surface area contributed by atoms with Gasteiger partial charge in [0.1, 0.15) is 5.82 Å². The number of hydrogen-bond acceptors (Lipinski definition) is 7. The van der Waals surface area contributed by atoms with Crippen molar-refractivity contribution >= 4 is 28.6 Å². The van der Waals surface area contributed by atoms with E-state index in [-0.39, 0.29) is 24.4 Å². The van der Waals surface area contributed by atoms with Crippen molar-refractivity contribution in [2.24, 2.45) is 0 Å². The van der Waals surface area contributed by atoms with Gasteiger partial charge < -0.3 is 16.4 Å². The number of alkyl halides is 3. The van der Waals surface area contributed by atoms with Gasteiger partial charge in [-0.3, -0.25) is 9.78 Å². The van der Waals surface area contributed by atoms with Gasteiger partial charge in [-0.2, -0.15) is 13.2 Å². The van der Waals surface area contributed by atoms with Crippen LogP contribution in [0.2, 0.25) is 0 Å². The van der Waals surface area contributed by atoms with Gasteiger partial charge in [0.2, 0.25) is 5.95 Å². The number of anilines is 2. The number of halogens is 3. The molecule has 3 heterocycles. The highest BCUT2D eigenvalue weighted by molar-refractivity contribution is 5.98. The summed E-state index contributed by atoms with van der Waals surface area (Å²) in [5, 5.41) is 0.767. The van der Waals surface area contributed by atoms with Crippen molar-refractivity contribution in [3.05, 3.63) is 82.4 Å². The lowest BCUT2D eigenvalue weighted by Crippen LogP contribution is -2.43. The Bertz CT molecular complexity index is 1490. The second-order valence-electron chi connectivity index (χ2n) is 9.16. The normalized spacial score (nSPS) is 15.4. The van der Waals surface area contributed by atoms with Crippen molar-refractivity contribution in [1.82, 2.24) is 24.8 Å². The number of rotatable bonds is 4. The molecule has 1 amide bonds. The SMILES string of the molecule is Cc1cc2cc(C(=O)N(Cc3ccc(C(F)(F)F)cn3)[C@H]3CCc4nc(N)ncc4C3)ccc2nc1N. The lowest BCUT2D eigenvalue weighted by molar-refractivity contribution is -0.137.